The summed E-state index contributed by atoms with van der Waals surface area (Å²) in [4.78, 5) is 28.5. The highest BCUT2D eigenvalue weighted by Crippen LogP contribution is 2.22. The first-order chi connectivity index (χ1) is 12.0. The molecular formula is C17H28N6O2. The van der Waals surface area contributed by atoms with Crippen LogP contribution in [0.15, 0.2) is 0 Å². The molecular weight excluding hydrogens is 320 g/mol. The van der Waals surface area contributed by atoms with Crippen molar-refractivity contribution in [1.29, 1.82) is 0 Å². The molecule has 3 rings (SSSR count). The summed E-state index contributed by atoms with van der Waals surface area (Å²) in [6, 6.07) is 0.124. The molecule has 1 unspecified atom stereocenters. The number of carbonyl (C=O) groups is 2. The Hall–Kier alpha value is -1.96. The van der Waals surface area contributed by atoms with E-state index in [0.29, 0.717) is 31.5 Å². The quantitative estimate of drug-likeness (QED) is 0.844. The van der Waals surface area contributed by atoms with E-state index in [1.54, 1.807) is 0 Å². The Bertz CT molecular complexity index is 637. The summed E-state index contributed by atoms with van der Waals surface area (Å²) < 4.78 is 1.84. The maximum Gasteiger partial charge on any atom is 0.289 e. The van der Waals surface area contributed by atoms with Crippen LogP contribution in [0.5, 0.6) is 0 Å². The average Bonchev–Trinajstić information content (AvgIpc) is 3.05. The number of hydrogen-bond acceptors (Lipinski definition) is 5. The van der Waals surface area contributed by atoms with Crippen molar-refractivity contribution in [2.24, 2.45) is 0 Å². The molecule has 1 saturated carbocycles. The van der Waals surface area contributed by atoms with Crippen LogP contribution in [0.1, 0.15) is 55.5 Å². The third kappa shape index (κ3) is 3.68. The van der Waals surface area contributed by atoms with Gasteiger partial charge in [0.1, 0.15) is 5.82 Å². The highest BCUT2D eigenvalue weighted by atomic mass is 16.2. The normalized spacial score (nSPS) is 19.4. The van der Waals surface area contributed by atoms with Crippen LogP contribution in [0.25, 0.3) is 0 Å². The second-order valence-electron chi connectivity index (χ2n) is 7.18. The van der Waals surface area contributed by atoms with Gasteiger partial charge in [-0.15, -0.1) is 10.2 Å². The zero-order valence-corrected chi connectivity index (χ0v) is 15.4. The lowest BCUT2D eigenvalue weighted by atomic mass is 9.94. The second-order valence-corrected chi connectivity index (χ2v) is 7.18. The van der Waals surface area contributed by atoms with E-state index in [4.69, 9.17) is 0 Å². The molecule has 0 radical (unpaired) electrons. The Morgan fingerprint density at radius 3 is 2.72 bits per heavy atom. The van der Waals surface area contributed by atoms with Gasteiger partial charge in [0.25, 0.3) is 5.91 Å². The van der Waals surface area contributed by atoms with Crippen LogP contribution in [-0.4, -0.2) is 69.1 Å². The summed E-state index contributed by atoms with van der Waals surface area (Å²) in [6.45, 7) is 3.68. The van der Waals surface area contributed by atoms with Gasteiger partial charge in [-0.05, 0) is 26.8 Å². The van der Waals surface area contributed by atoms with Gasteiger partial charge in [-0.1, -0.05) is 19.3 Å². The molecule has 0 bridgehead atoms. The van der Waals surface area contributed by atoms with E-state index in [0.717, 1.165) is 18.7 Å². The molecule has 0 spiro atoms. The maximum atomic E-state index is 12.8. The molecule has 0 saturated heterocycles. The Balaban J connectivity index is 1.63. The minimum absolute atomic E-state index is 0.144. The van der Waals surface area contributed by atoms with Gasteiger partial charge in [0.2, 0.25) is 11.7 Å². The summed E-state index contributed by atoms with van der Waals surface area (Å²) >= 11 is 0. The van der Waals surface area contributed by atoms with Crippen LogP contribution in [0.2, 0.25) is 0 Å². The van der Waals surface area contributed by atoms with Gasteiger partial charge in [0.15, 0.2) is 0 Å². The van der Waals surface area contributed by atoms with Gasteiger partial charge in [-0.25, -0.2) is 0 Å². The first kappa shape index (κ1) is 17.8. The number of aromatic nitrogens is 3. The monoisotopic (exact) mass is 348 g/mol. The minimum atomic E-state index is -0.239. The van der Waals surface area contributed by atoms with Gasteiger partial charge >= 0.3 is 0 Å². The van der Waals surface area contributed by atoms with E-state index < -0.39 is 0 Å². The molecule has 1 aliphatic heterocycles. The fraction of sp³-hybridized carbons (Fsp3) is 0.765. The van der Waals surface area contributed by atoms with Crippen LogP contribution >= 0.6 is 0 Å². The van der Waals surface area contributed by atoms with E-state index in [2.05, 4.69) is 15.5 Å². The molecule has 8 heteroatoms. The summed E-state index contributed by atoms with van der Waals surface area (Å²) in [6.07, 6.45) is 5.90. The van der Waals surface area contributed by atoms with Crippen LogP contribution in [0.3, 0.4) is 0 Å². The van der Waals surface area contributed by atoms with Crippen molar-refractivity contribution >= 4 is 11.8 Å². The van der Waals surface area contributed by atoms with Gasteiger partial charge in [0.05, 0.1) is 12.6 Å². The molecule has 2 aliphatic rings. The lowest BCUT2D eigenvalue weighted by molar-refractivity contribution is -0.137. The van der Waals surface area contributed by atoms with E-state index >= 15 is 0 Å². The van der Waals surface area contributed by atoms with Crippen molar-refractivity contribution in [1.82, 2.24) is 29.9 Å². The van der Waals surface area contributed by atoms with Crippen molar-refractivity contribution in [2.45, 2.75) is 64.2 Å². The predicted molar refractivity (Wildman–Crippen MR) is 92.9 cm³/mol. The summed E-state index contributed by atoms with van der Waals surface area (Å²) in [5, 5.41) is 10.9. The lowest BCUT2D eigenvalue weighted by Gasteiger charge is -2.35. The van der Waals surface area contributed by atoms with Gasteiger partial charge < -0.3 is 14.8 Å². The Kier molecular flexibility index (Phi) is 5.36. The SMILES string of the molecule is CC(C(=O)N(C)C1CCCCC1)N(C)Cc1nnc2n1CCNC2=O. The van der Waals surface area contributed by atoms with Gasteiger partial charge in [0, 0.05) is 26.2 Å². The number of fused-ring (bicyclic) bond motifs is 1. The minimum Gasteiger partial charge on any atom is -0.348 e. The average molecular weight is 348 g/mol. The standard InChI is InChI=1S/C17H28N6O2/c1-12(17(25)22(3)13-7-5-4-6-8-13)21(2)11-14-19-20-15-16(24)18-9-10-23(14)15/h12-13H,4-11H2,1-3H3,(H,18,24). The molecule has 1 fully saturated rings. The molecule has 1 aromatic rings. The third-order valence-corrected chi connectivity index (χ3v) is 5.53. The molecule has 2 amide bonds. The largest absolute Gasteiger partial charge is 0.348 e. The number of rotatable bonds is 5. The van der Waals surface area contributed by atoms with Crippen molar-refractivity contribution in [3.63, 3.8) is 0 Å². The van der Waals surface area contributed by atoms with Crippen LogP contribution in [0, 0.1) is 0 Å². The first-order valence-electron chi connectivity index (χ1n) is 9.16. The van der Waals surface area contributed by atoms with Crippen molar-refractivity contribution in [3.05, 3.63) is 11.6 Å². The highest BCUT2D eigenvalue weighted by molar-refractivity contribution is 5.91. The summed E-state index contributed by atoms with van der Waals surface area (Å²) in [5.41, 5.74) is 0. The molecule has 2 heterocycles. The van der Waals surface area contributed by atoms with E-state index in [1.807, 2.05) is 35.4 Å². The number of likely N-dealkylation sites (N-methyl/N-ethyl adjacent to an activating group) is 2. The zero-order valence-electron chi connectivity index (χ0n) is 15.4. The van der Waals surface area contributed by atoms with Crippen LogP contribution in [0.4, 0.5) is 0 Å². The van der Waals surface area contributed by atoms with Gasteiger partial charge in [-0.3, -0.25) is 14.5 Å². The maximum absolute atomic E-state index is 12.8. The Morgan fingerprint density at radius 2 is 2.00 bits per heavy atom. The molecule has 138 valence electrons. The number of nitrogens with zero attached hydrogens (tertiary/aromatic N) is 5. The summed E-state index contributed by atoms with van der Waals surface area (Å²) in [7, 11) is 3.84. The Labute approximate surface area is 148 Å². The molecule has 25 heavy (non-hydrogen) atoms. The zero-order chi connectivity index (χ0) is 18.0. The highest BCUT2D eigenvalue weighted by Gasteiger charge is 2.29. The van der Waals surface area contributed by atoms with Gasteiger partial charge in [-0.2, -0.15) is 0 Å². The molecule has 8 nitrogen and oxygen atoms in total. The molecule has 1 atom stereocenters. The van der Waals surface area contributed by atoms with E-state index in [9.17, 15) is 9.59 Å². The number of hydrogen-bond donors (Lipinski definition) is 1. The Morgan fingerprint density at radius 1 is 1.28 bits per heavy atom. The first-order valence-corrected chi connectivity index (χ1v) is 9.16. The predicted octanol–water partition coefficient (Wildman–Crippen LogP) is 0.633. The van der Waals surface area contributed by atoms with Crippen molar-refractivity contribution in [3.8, 4) is 0 Å². The number of amides is 2. The van der Waals surface area contributed by atoms with Crippen LogP contribution in [-0.2, 0) is 17.9 Å². The fourth-order valence-electron chi connectivity index (χ4n) is 3.71. The van der Waals surface area contributed by atoms with Crippen molar-refractivity contribution < 1.29 is 9.59 Å². The number of carbonyl (C=O) groups excluding carboxylic acids is 2. The topological polar surface area (TPSA) is 83.4 Å². The molecule has 0 aromatic carbocycles. The third-order valence-electron chi connectivity index (χ3n) is 5.53. The molecule has 1 N–H and O–H groups in total. The fourth-order valence-corrected chi connectivity index (χ4v) is 3.71. The van der Waals surface area contributed by atoms with Crippen LogP contribution < -0.4 is 5.32 Å². The van der Waals surface area contributed by atoms with E-state index in [1.165, 1.54) is 19.3 Å². The smallest absolute Gasteiger partial charge is 0.289 e. The van der Waals surface area contributed by atoms with E-state index in [-0.39, 0.29) is 17.9 Å². The summed E-state index contributed by atoms with van der Waals surface area (Å²) in [5.74, 6) is 1.04. The molecule has 1 aromatic heterocycles. The lowest BCUT2D eigenvalue weighted by Crippen LogP contribution is -2.48. The second kappa shape index (κ2) is 7.51. The number of nitrogens with one attached hydrogen (secondary N) is 1. The molecule has 1 aliphatic carbocycles. The van der Waals surface area contributed by atoms with Crippen molar-refractivity contribution in [2.75, 3.05) is 20.6 Å².